The van der Waals surface area contributed by atoms with Crippen LogP contribution in [0.4, 0.5) is 11.9 Å². The molecule has 0 aliphatic carbocycles. The number of nitrogens with zero attached hydrogens (tertiary/aromatic N) is 3. The van der Waals surface area contributed by atoms with E-state index in [-0.39, 0.29) is 6.10 Å². The zero-order chi connectivity index (χ0) is 14.3. The first-order valence-electron chi connectivity index (χ1n) is 7.02. The Kier molecular flexibility index (Phi) is 6.32. The molecule has 0 radical (unpaired) electrons. The van der Waals surface area contributed by atoms with Crippen LogP contribution >= 0.6 is 0 Å². The maximum Gasteiger partial charge on any atom is 0.323 e. The summed E-state index contributed by atoms with van der Waals surface area (Å²) in [6.07, 6.45) is 2.09. The van der Waals surface area contributed by atoms with Gasteiger partial charge in [0.1, 0.15) is 0 Å². The molecule has 19 heavy (non-hydrogen) atoms. The minimum absolute atomic E-state index is 0.0397. The maximum atomic E-state index is 5.55. The average molecular weight is 267 g/mol. The van der Waals surface area contributed by atoms with E-state index in [2.05, 4.69) is 39.4 Å². The molecule has 108 valence electrons. The lowest BCUT2D eigenvalue weighted by Gasteiger charge is -2.16. The summed E-state index contributed by atoms with van der Waals surface area (Å²) >= 11 is 0. The Bertz CT molecular complexity index is 379. The molecule has 0 amide bonds. The first-order chi connectivity index (χ1) is 9.08. The molecule has 1 aromatic heterocycles. The number of anilines is 2. The summed E-state index contributed by atoms with van der Waals surface area (Å²) in [5.74, 6) is 1.11. The molecule has 0 aromatic carbocycles. The first kappa shape index (κ1) is 15.5. The summed E-state index contributed by atoms with van der Waals surface area (Å²) in [4.78, 5) is 12.9. The lowest BCUT2D eigenvalue weighted by Crippen LogP contribution is -2.20. The Morgan fingerprint density at radius 2 is 1.63 bits per heavy atom. The molecule has 0 aliphatic rings. The number of hydrogen-bond acceptors (Lipinski definition) is 6. The van der Waals surface area contributed by atoms with Gasteiger partial charge in [0.05, 0.1) is 6.10 Å². The van der Waals surface area contributed by atoms with Gasteiger partial charge in [0.2, 0.25) is 11.9 Å². The Labute approximate surface area is 115 Å². The zero-order valence-corrected chi connectivity index (χ0v) is 12.5. The van der Waals surface area contributed by atoms with Crippen molar-refractivity contribution in [3.05, 3.63) is 0 Å². The largest absolute Gasteiger partial charge is 0.461 e. The van der Waals surface area contributed by atoms with Gasteiger partial charge in [-0.05, 0) is 33.6 Å². The smallest absolute Gasteiger partial charge is 0.323 e. The SMILES string of the molecule is CCNc1nc(NC(CC)CC)nc(OC(C)C)n1. The summed E-state index contributed by atoms with van der Waals surface area (Å²) in [5, 5.41) is 6.40. The molecular formula is C13H25N5O. The lowest BCUT2D eigenvalue weighted by molar-refractivity contribution is 0.222. The van der Waals surface area contributed by atoms with Gasteiger partial charge in [-0.15, -0.1) is 0 Å². The molecule has 0 saturated heterocycles. The normalized spacial score (nSPS) is 10.9. The Morgan fingerprint density at radius 1 is 1.00 bits per heavy atom. The third-order valence-electron chi connectivity index (χ3n) is 2.61. The average Bonchev–Trinajstić information content (AvgIpc) is 2.35. The van der Waals surface area contributed by atoms with Crippen molar-refractivity contribution in [2.45, 2.75) is 59.6 Å². The Hall–Kier alpha value is -1.59. The van der Waals surface area contributed by atoms with E-state index in [1.807, 2.05) is 20.8 Å². The molecule has 0 atom stereocenters. The minimum Gasteiger partial charge on any atom is -0.461 e. The second kappa shape index (κ2) is 7.76. The molecule has 0 unspecified atom stereocenters. The van der Waals surface area contributed by atoms with Gasteiger partial charge in [-0.25, -0.2) is 0 Å². The third kappa shape index (κ3) is 5.28. The van der Waals surface area contributed by atoms with E-state index in [0.29, 0.717) is 23.9 Å². The highest BCUT2D eigenvalue weighted by molar-refractivity contribution is 5.36. The summed E-state index contributed by atoms with van der Waals surface area (Å²) < 4.78 is 5.55. The predicted molar refractivity (Wildman–Crippen MR) is 77.7 cm³/mol. The van der Waals surface area contributed by atoms with Crippen molar-refractivity contribution in [1.82, 2.24) is 15.0 Å². The van der Waals surface area contributed by atoms with E-state index in [4.69, 9.17) is 4.74 Å². The van der Waals surface area contributed by atoms with Crippen LogP contribution in [-0.4, -0.2) is 33.6 Å². The van der Waals surface area contributed by atoms with Gasteiger partial charge in [-0.3, -0.25) is 0 Å². The quantitative estimate of drug-likeness (QED) is 0.754. The van der Waals surface area contributed by atoms with Crippen molar-refractivity contribution in [2.24, 2.45) is 0 Å². The van der Waals surface area contributed by atoms with Crippen LogP contribution in [0.1, 0.15) is 47.5 Å². The van der Waals surface area contributed by atoms with Crippen molar-refractivity contribution in [2.75, 3.05) is 17.2 Å². The topological polar surface area (TPSA) is 72.0 Å². The summed E-state index contributed by atoms with van der Waals surface area (Å²) in [6.45, 7) is 10.9. The van der Waals surface area contributed by atoms with E-state index in [1.54, 1.807) is 0 Å². The van der Waals surface area contributed by atoms with Crippen molar-refractivity contribution >= 4 is 11.9 Å². The van der Waals surface area contributed by atoms with Gasteiger partial charge < -0.3 is 15.4 Å². The van der Waals surface area contributed by atoms with E-state index >= 15 is 0 Å². The minimum atomic E-state index is 0.0397. The van der Waals surface area contributed by atoms with Crippen molar-refractivity contribution in [3.8, 4) is 6.01 Å². The van der Waals surface area contributed by atoms with Crippen LogP contribution in [0.15, 0.2) is 0 Å². The van der Waals surface area contributed by atoms with Gasteiger partial charge in [0, 0.05) is 12.6 Å². The number of ether oxygens (including phenoxy) is 1. The predicted octanol–water partition coefficient (Wildman–Crippen LogP) is 2.69. The molecular weight excluding hydrogens is 242 g/mol. The number of aromatic nitrogens is 3. The first-order valence-corrected chi connectivity index (χ1v) is 7.02. The highest BCUT2D eigenvalue weighted by Gasteiger charge is 2.11. The van der Waals surface area contributed by atoms with E-state index in [0.717, 1.165) is 19.4 Å². The van der Waals surface area contributed by atoms with Crippen LogP contribution in [0, 0.1) is 0 Å². The van der Waals surface area contributed by atoms with Gasteiger partial charge in [-0.1, -0.05) is 13.8 Å². The van der Waals surface area contributed by atoms with Crippen LogP contribution in [0.3, 0.4) is 0 Å². The molecule has 1 aromatic rings. The van der Waals surface area contributed by atoms with Gasteiger partial charge in [0.15, 0.2) is 0 Å². The summed E-state index contributed by atoms with van der Waals surface area (Å²) in [5.41, 5.74) is 0. The highest BCUT2D eigenvalue weighted by atomic mass is 16.5. The molecule has 0 fully saturated rings. The van der Waals surface area contributed by atoms with Crippen LogP contribution in [-0.2, 0) is 0 Å². The van der Waals surface area contributed by atoms with Crippen LogP contribution in [0.5, 0.6) is 6.01 Å². The molecule has 2 N–H and O–H groups in total. The van der Waals surface area contributed by atoms with Gasteiger partial charge in [-0.2, -0.15) is 15.0 Å². The van der Waals surface area contributed by atoms with Crippen molar-refractivity contribution < 1.29 is 4.74 Å². The van der Waals surface area contributed by atoms with E-state index < -0.39 is 0 Å². The monoisotopic (exact) mass is 267 g/mol. The van der Waals surface area contributed by atoms with Gasteiger partial charge in [0.25, 0.3) is 0 Å². The highest BCUT2D eigenvalue weighted by Crippen LogP contribution is 2.14. The molecule has 1 heterocycles. The van der Waals surface area contributed by atoms with Crippen molar-refractivity contribution in [1.29, 1.82) is 0 Å². The van der Waals surface area contributed by atoms with Gasteiger partial charge >= 0.3 is 6.01 Å². The molecule has 6 heteroatoms. The van der Waals surface area contributed by atoms with Crippen LogP contribution < -0.4 is 15.4 Å². The molecule has 0 bridgehead atoms. The number of hydrogen-bond donors (Lipinski definition) is 2. The second-order valence-electron chi connectivity index (χ2n) is 4.62. The molecule has 1 rings (SSSR count). The van der Waals surface area contributed by atoms with E-state index in [1.165, 1.54) is 0 Å². The third-order valence-corrected chi connectivity index (χ3v) is 2.61. The fourth-order valence-electron chi connectivity index (χ4n) is 1.60. The summed E-state index contributed by atoms with van der Waals surface area (Å²) in [7, 11) is 0. The van der Waals surface area contributed by atoms with Crippen molar-refractivity contribution in [3.63, 3.8) is 0 Å². The molecule has 0 saturated carbocycles. The fourth-order valence-corrected chi connectivity index (χ4v) is 1.60. The zero-order valence-electron chi connectivity index (χ0n) is 12.5. The number of nitrogens with one attached hydrogen (secondary N) is 2. The Morgan fingerprint density at radius 3 is 2.16 bits per heavy atom. The molecule has 0 spiro atoms. The summed E-state index contributed by atoms with van der Waals surface area (Å²) in [6, 6.07) is 0.721. The molecule has 6 nitrogen and oxygen atoms in total. The maximum absolute atomic E-state index is 5.55. The second-order valence-corrected chi connectivity index (χ2v) is 4.62. The lowest BCUT2D eigenvalue weighted by atomic mass is 10.2. The number of rotatable bonds is 8. The molecule has 0 aliphatic heterocycles. The Balaban J connectivity index is 2.91. The van der Waals surface area contributed by atoms with Crippen LogP contribution in [0.25, 0.3) is 0 Å². The van der Waals surface area contributed by atoms with E-state index in [9.17, 15) is 0 Å². The standard InChI is InChI=1S/C13H25N5O/c1-6-10(7-2)15-12-16-11(14-8-3)17-13(18-12)19-9(4)5/h9-10H,6-8H2,1-5H3,(H2,14,15,16,17,18). The fraction of sp³-hybridized carbons (Fsp3) is 0.769. The van der Waals surface area contributed by atoms with Crippen LogP contribution in [0.2, 0.25) is 0 Å².